The molecule has 6 nitrogen and oxygen atoms in total. The highest BCUT2D eigenvalue weighted by Gasteiger charge is 2.16. The lowest BCUT2D eigenvalue weighted by Crippen LogP contribution is -2.35. The van der Waals surface area contributed by atoms with Crippen LogP contribution in [0.3, 0.4) is 0 Å². The molecule has 3 aromatic rings. The number of aryl methyl sites for hydroxylation is 1. The Morgan fingerprint density at radius 3 is 2.43 bits per heavy atom. The average Bonchev–Trinajstić information content (AvgIpc) is 3.24. The van der Waals surface area contributed by atoms with Crippen LogP contribution < -0.4 is 10.6 Å². The summed E-state index contributed by atoms with van der Waals surface area (Å²) in [5.74, 6) is -0.363. The highest BCUT2D eigenvalue weighted by Crippen LogP contribution is 2.31. The first kappa shape index (κ1) is 21.7. The van der Waals surface area contributed by atoms with E-state index in [0.717, 1.165) is 22.3 Å². The average molecular weight is 424 g/mol. The van der Waals surface area contributed by atoms with E-state index in [1.54, 1.807) is 26.4 Å². The van der Waals surface area contributed by atoms with Gasteiger partial charge in [0.2, 0.25) is 0 Å². The molecule has 0 aliphatic rings. The van der Waals surface area contributed by atoms with E-state index in [-0.39, 0.29) is 17.9 Å². The topological polar surface area (TPSA) is 80.3 Å². The second-order valence-electron chi connectivity index (χ2n) is 7.10. The summed E-state index contributed by atoms with van der Waals surface area (Å²) in [5, 5.41) is 6.24. The Kier molecular flexibility index (Phi) is 6.97. The Balaban J connectivity index is 2.04. The van der Waals surface area contributed by atoms with Crippen LogP contribution in [0, 0.1) is 6.92 Å². The van der Waals surface area contributed by atoms with Crippen LogP contribution in [0.1, 0.15) is 32.5 Å². The molecule has 1 aromatic heterocycles. The van der Waals surface area contributed by atoms with Crippen molar-refractivity contribution < 1.29 is 14.3 Å². The summed E-state index contributed by atoms with van der Waals surface area (Å²) < 4.78 is 5.11. The van der Waals surface area contributed by atoms with Gasteiger partial charge in [0, 0.05) is 31.3 Å². The van der Waals surface area contributed by atoms with E-state index < -0.39 is 0 Å². The number of amides is 2. The van der Waals surface area contributed by atoms with E-state index in [4.69, 9.17) is 4.74 Å². The lowest BCUT2D eigenvalue weighted by atomic mass is 9.98. The molecule has 0 saturated carbocycles. The first-order valence-electron chi connectivity index (χ1n) is 9.61. The molecule has 0 aliphatic heterocycles. The predicted octanol–water partition coefficient (Wildman–Crippen LogP) is 3.91. The van der Waals surface area contributed by atoms with Crippen molar-refractivity contribution in [3.05, 3.63) is 64.7 Å². The minimum atomic E-state index is -0.183. The zero-order valence-electron chi connectivity index (χ0n) is 17.5. The number of rotatable bonds is 7. The number of benzene rings is 2. The molecular formula is C23H25N3O3S. The van der Waals surface area contributed by atoms with Gasteiger partial charge in [-0.2, -0.15) is 0 Å². The summed E-state index contributed by atoms with van der Waals surface area (Å²) in [4.78, 5) is 29.7. The van der Waals surface area contributed by atoms with Gasteiger partial charge in [-0.1, -0.05) is 29.8 Å². The van der Waals surface area contributed by atoms with Gasteiger partial charge >= 0.3 is 0 Å². The Labute approximate surface area is 180 Å². The van der Waals surface area contributed by atoms with Gasteiger partial charge in [-0.3, -0.25) is 9.59 Å². The van der Waals surface area contributed by atoms with E-state index in [1.165, 1.54) is 11.3 Å². The van der Waals surface area contributed by atoms with Crippen molar-refractivity contribution in [2.75, 3.05) is 20.8 Å². The molecule has 7 heteroatoms. The normalized spacial score (nSPS) is 11.7. The summed E-state index contributed by atoms with van der Waals surface area (Å²) in [5.41, 5.74) is 4.40. The number of hydrogen-bond acceptors (Lipinski definition) is 5. The van der Waals surface area contributed by atoms with E-state index in [2.05, 4.69) is 15.6 Å². The lowest BCUT2D eigenvalue weighted by molar-refractivity contribution is 0.0904. The maximum atomic E-state index is 12.9. The van der Waals surface area contributed by atoms with Crippen molar-refractivity contribution in [2.45, 2.75) is 19.9 Å². The van der Waals surface area contributed by atoms with Crippen molar-refractivity contribution >= 4 is 23.2 Å². The number of nitrogens with one attached hydrogen (secondary N) is 2. The number of carbonyl (C=O) groups is 2. The van der Waals surface area contributed by atoms with Crippen molar-refractivity contribution in [1.29, 1.82) is 0 Å². The quantitative estimate of drug-likeness (QED) is 0.604. The number of hydrogen-bond donors (Lipinski definition) is 2. The third-order valence-electron chi connectivity index (χ3n) is 4.58. The first-order chi connectivity index (χ1) is 14.4. The molecule has 0 aliphatic carbocycles. The van der Waals surface area contributed by atoms with Gasteiger partial charge in [0.15, 0.2) is 0 Å². The molecule has 1 unspecified atom stereocenters. The molecule has 2 N–H and O–H groups in total. The van der Waals surface area contributed by atoms with Crippen LogP contribution in [-0.2, 0) is 4.74 Å². The molecule has 0 spiro atoms. The van der Waals surface area contributed by atoms with Crippen LogP contribution in [0.15, 0.2) is 48.7 Å². The standard InChI is InChI=1S/C23H25N3O3S/c1-14-5-7-16(8-6-14)17-9-18(21(27)26-15(2)13-29-4)11-19(10-17)23-25-12-20(30-23)22(28)24-3/h5-12,15H,13H2,1-4H3,(H,24,28)(H,26,27). The van der Waals surface area contributed by atoms with E-state index >= 15 is 0 Å². The second kappa shape index (κ2) is 9.65. The molecule has 0 saturated heterocycles. The molecule has 1 heterocycles. The van der Waals surface area contributed by atoms with Crippen LogP contribution >= 0.6 is 11.3 Å². The molecule has 2 aromatic carbocycles. The number of carbonyl (C=O) groups excluding carboxylic acids is 2. The molecule has 3 rings (SSSR count). The summed E-state index contributed by atoms with van der Waals surface area (Å²) in [7, 11) is 3.19. The molecule has 0 radical (unpaired) electrons. The van der Waals surface area contributed by atoms with Crippen molar-refractivity contribution in [2.24, 2.45) is 0 Å². The van der Waals surface area contributed by atoms with Gasteiger partial charge in [0.1, 0.15) is 9.88 Å². The molecule has 2 amide bonds. The molecule has 30 heavy (non-hydrogen) atoms. The molecule has 0 fully saturated rings. The molecule has 1 atom stereocenters. The van der Waals surface area contributed by atoms with E-state index in [9.17, 15) is 9.59 Å². The van der Waals surface area contributed by atoms with E-state index in [0.29, 0.717) is 22.1 Å². The van der Waals surface area contributed by atoms with Gasteiger partial charge in [-0.15, -0.1) is 11.3 Å². The van der Waals surface area contributed by atoms with Crippen LogP contribution in [0.2, 0.25) is 0 Å². The SMILES string of the molecule is CNC(=O)c1cnc(-c2cc(C(=O)NC(C)COC)cc(-c3ccc(C)cc3)c2)s1. The fraction of sp³-hybridized carbons (Fsp3) is 0.261. The number of thiazole rings is 1. The van der Waals surface area contributed by atoms with Gasteiger partial charge in [-0.05, 0) is 43.2 Å². The van der Waals surface area contributed by atoms with Crippen molar-refractivity contribution in [1.82, 2.24) is 15.6 Å². The Morgan fingerprint density at radius 1 is 1.07 bits per heavy atom. The number of ether oxygens (including phenoxy) is 1. The van der Waals surface area contributed by atoms with Gasteiger partial charge < -0.3 is 15.4 Å². The zero-order valence-corrected chi connectivity index (χ0v) is 18.3. The molecular weight excluding hydrogens is 398 g/mol. The number of methoxy groups -OCH3 is 1. The zero-order chi connectivity index (χ0) is 21.7. The monoisotopic (exact) mass is 423 g/mol. The van der Waals surface area contributed by atoms with Crippen molar-refractivity contribution in [3.8, 4) is 21.7 Å². The van der Waals surface area contributed by atoms with Gasteiger partial charge in [-0.25, -0.2) is 4.98 Å². The largest absolute Gasteiger partial charge is 0.383 e. The third-order valence-corrected chi connectivity index (χ3v) is 5.62. The lowest BCUT2D eigenvalue weighted by Gasteiger charge is -2.14. The minimum absolute atomic E-state index is 0.117. The van der Waals surface area contributed by atoms with Crippen LogP contribution in [-0.4, -0.2) is 43.6 Å². The Morgan fingerprint density at radius 2 is 1.77 bits per heavy atom. The second-order valence-corrected chi connectivity index (χ2v) is 8.13. The van der Waals surface area contributed by atoms with Gasteiger partial charge in [0.25, 0.3) is 11.8 Å². The smallest absolute Gasteiger partial charge is 0.262 e. The Bertz CT molecular complexity index is 1040. The maximum Gasteiger partial charge on any atom is 0.262 e. The minimum Gasteiger partial charge on any atom is -0.383 e. The number of aromatic nitrogens is 1. The summed E-state index contributed by atoms with van der Waals surface area (Å²) >= 11 is 1.29. The summed E-state index contributed by atoms with van der Waals surface area (Å²) in [6.45, 7) is 4.35. The summed E-state index contributed by atoms with van der Waals surface area (Å²) in [6.07, 6.45) is 1.55. The van der Waals surface area contributed by atoms with Crippen molar-refractivity contribution in [3.63, 3.8) is 0 Å². The fourth-order valence-electron chi connectivity index (χ4n) is 3.03. The van der Waals surface area contributed by atoms with E-state index in [1.807, 2.05) is 50.2 Å². The first-order valence-corrected chi connectivity index (χ1v) is 10.4. The third kappa shape index (κ3) is 5.11. The van der Waals surface area contributed by atoms with Gasteiger partial charge in [0.05, 0.1) is 12.8 Å². The maximum absolute atomic E-state index is 12.9. The number of nitrogens with zero attached hydrogens (tertiary/aromatic N) is 1. The molecule has 0 bridgehead atoms. The highest BCUT2D eigenvalue weighted by atomic mass is 32.1. The van der Waals surface area contributed by atoms with Crippen LogP contribution in [0.25, 0.3) is 21.7 Å². The molecule has 156 valence electrons. The highest BCUT2D eigenvalue weighted by molar-refractivity contribution is 7.16. The Hall–Kier alpha value is -3.03. The van der Waals surface area contributed by atoms with Crippen LogP contribution in [0.5, 0.6) is 0 Å². The van der Waals surface area contributed by atoms with Crippen LogP contribution in [0.4, 0.5) is 0 Å². The fourth-order valence-corrected chi connectivity index (χ4v) is 3.88. The predicted molar refractivity (Wildman–Crippen MR) is 120 cm³/mol. The summed E-state index contributed by atoms with van der Waals surface area (Å²) in [6, 6.07) is 13.7.